The van der Waals surface area contributed by atoms with Crippen molar-refractivity contribution in [3.05, 3.63) is 48.6 Å². The van der Waals surface area contributed by atoms with Crippen molar-refractivity contribution < 1.29 is 19.4 Å². The molecule has 1 atom stereocenters. The lowest BCUT2D eigenvalue weighted by atomic mass is 10.0. The molecule has 0 saturated carbocycles. The van der Waals surface area contributed by atoms with Crippen molar-refractivity contribution in [2.24, 2.45) is 0 Å². The highest BCUT2D eigenvalue weighted by molar-refractivity contribution is 5.69. The maximum Gasteiger partial charge on any atom is 0.306 e. The number of rotatable bonds is 30. The first-order valence-corrected chi connectivity index (χ1v) is 17.1. The van der Waals surface area contributed by atoms with Gasteiger partial charge in [-0.15, -0.1) is 0 Å². The van der Waals surface area contributed by atoms with Crippen LogP contribution in [0.2, 0.25) is 0 Å². The van der Waals surface area contributed by atoms with Crippen LogP contribution in [0.1, 0.15) is 168 Å². The Hall–Kier alpha value is -2.10. The molecule has 0 saturated heterocycles. The predicted molar refractivity (Wildman–Crippen MR) is 176 cm³/mol. The summed E-state index contributed by atoms with van der Waals surface area (Å²) in [5, 5.41) is 8.65. The van der Waals surface area contributed by atoms with Gasteiger partial charge in [-0.2, -0.15) is 0 Å². The number of allylic oxidation sites excluding steroid dienone is 8. The van der Waals surface area contributed by atoms with Gasteiger partial charge in [-0.1, -0.05) is 133 Å². The third kappa shape index (κ3) is 32.3. The molecule has 0 fully saturated rings. The van der Waals surface area contributed by atoms with Gasteiger partial charge < -0.3 is 9.84 Å². The third-order valence-electron chi connectivity index (χ3n) is 7.28. The first kappa shape index (κ1) is 38.9. The number of unbranched alkanes of at least 4 members (excludes halogenated alkanes) is 13. The maximum absolute atomic E-state index is 12.3. The molecule has 1 N–H and O–H groups in total. The lowest BCUT2D eigenvalue weighted by Crippen LogP contribution is -2.18. The second-order valence-corrected chi connectivity index (χ2v) is 11.3. The topological polar surface area (TPSA) is 63.6 Å². The van der Waals surface area contributed by atoms with Crippen LogP contribution in [0.4, 0.5) is 0 Å². The highest BCUT2D eigenvalue weighted by Crippen LogP contribution is 2.16. The molecule has 0 heterocycles. The highest BCUT2D eigenvalue weighted by Gasteiger charge is 2.13. The van der Waals surface area contributed by atoms with E-state index in [1.807, 2.05) is 0 Å². The van der Waals surface area contributed by atoms with Gasteiger partial charge in [0.2, 0.25) is 0 Å². The Bertz CT molecular complexity index is 704. The van der Waals surface area contributed by atoms with Gasteiger partial charge in [0, 0.05) is 12.8 Å². The molecule has 0 aromatic carbocycles. The number of carboxylic acids is 1. The van der Waals surface area contributed by atoms with Crippen LogP contribution in [0.5, 0.6) is 0 Å². The number of carbonyl (C=O) groups is 2. The fourth-order valence-corrected chi connectivity index (χ4v) is 4.82. The molecule has 0 aromatic heterocycles. The summed E-state index contributed by atoms with van der Waals surface area (Å²) in [5.74, 6) is -0.720. The summed E-state index contributed by atoms with van der Waals surface area (Å²) >= 11 is 0. The minimum atomic E-state index is -0.681. The van der Waals surface area contributed by atoms with Gasteiger partial charge in [0.1, 0.15) is 6.10 Å². The van der Waals surface area contributed by atoms with Crippen LogP contribution in [0.15, 0.2) is 48.6 Å². The molecule has 41 heavy (non-hydrogen) atoms. The van der Waals surface area contributed by atoms with E-state index < -0.39 is 5.97 Å². The van der Waals surface area contributed by atoms with Gasteiger partial charge in [-0.3, -0.25) is 9.59 Å². The van der Waals surface area contributed by atoms with Crippen LogP contribution >= 0.6 is 0 Å². The van der Waals surface area contributed by atoms with Crippen LogP contribution in [0, 0.1) is 0 Å². The van der Waals surface area contributed by atoms with Gasteiger partial charge in [0.25, 0.3) is 0 Å². The first-order valence-electron chi connectivity index (χ1n) is 17.1. The molecule has 4 heteroatoms. The molecule has 1 unspecified atom stereocenters. The Morgan fingerprint density at radius 1 is 0.537 bits per heavy atom. The average Bonchev–Trinajstić information content (AvgIpc) is 2.95. The van der Waals surface area contributed by atoms with Crippen LogP contribution in [-0.4, -0.2) is 23.1 Å². The molecule has 0 aliphatic rings. The monoisotopic (exact) mass is 572 g/mol. The smallest absolute Gasteiger partial charge is 0.306 e. The summed E-state index contributed by atoms with van der Waals surface area (Å²) in [4.78, 5) is 22.8. The SMILES string of the molecule is CCCCC/C=C\C/C=C\C/C=C\C/C=C\CCCC(=O)OC(CCC)CCCCCCCCCCCCC(=O)O. The lowest BCUT2D eigenvalue weighted by Gasteiger charge is -2.17. The minimum absolute atomic E-state index is 0.0392. The van der Waals surface area contributed by atoms with E-state index in [2.05, 4.69) is 62.5 Å². The molecule has 0 spiro atoms. The van der Waals surface area contributed by atoms with E-state index >= 15 is 0 Å². The average molecular weight is 573 g/mol. The zero-order valence-electron chi connectivity index (χ0n) is 26.8. The van der Waals surface area contributed by atoms with Crippen molar-refractivity contribution >= 4 is 11.9 Å². The summed E-state index contributed by atoms with van der Waals surface area (Å²) in [5.41, 5.74) is 0. The molecule has 0 rings (SSSR count). The van der Waals surface area contributed by atoms with E-state index in [-0.39, 0.29) is 12.1 Å². The second kappa shape index (κ2) is 32.4. The van der Waals surface area contributed by atoms with Crippen LogP contribution < -0.4 is 0 Å². The van der Waals surface area contributed by atoms with Crippen molar-refractivity contribution in [1.29, 1.82) is 0 Å². The summed E-state index contributed by atoms with van der Waals surface area (Å²) in [7, 11) is 0. The van der Waals surface area contributed by atoms with Crippen molar-refractivity contribution in [2.45, 2.75) is 174 Å². The van der Waals surface area contributed by atoms with E-state index in [9.17, 15) is 9.59 Å². The summed E-state index contributed by atoms with van der Waals surface area (Å²) in [6, 6.07) is 0. The molecule has 0 aliphatic carbocycles. The van der Waals surface area contributed by atoms with Gasteiger partial charge in [-0.05, 0) is 70.6 Å². The quantitative estimate of drug-likeness (QED) is 0.0528. The number of hydrogen-bond acceptors (Lipinski definition) is 3. The highest BCUT2D eigenvalue weighted by atomic mass is 16.5. The van der Waals surface area contributed by atoms with Gasteiger partial charge >= 0.3 is 11.9 Å². The normalized spacial score (nSPS) is 12.8. The van der Waals surface area contributed by atoms with Gasteiger partial charge in [0.05, 0.1) is 0 Å². The Morgan fingerprint density at radius 3 is 1.54 bits per heavy atom. The van der Waals surface area contributed by atoms with E-state index in [1.54, 1.807) is 0 Å². The van der Waals surface area contributed by atoms with Crippen molar-refractivity contribution in [1.82, 2.24) is 0 Å². The zero-order chi connectivity index (χ0) is 30.1. The summed E-state index contributed by atoms with van der Waals surface area (Å²) in [6.45, 7) is 4.40. The summed E-state index contributed by atoms with van der Waals surface area (Å²) < 4.78 is 5.80. The number of esters is 1. The van der Waals surface area contributed by atoms with Crippen LogP contribution in [0.25, 0.3) is 0 Å². The number of hydrogen-bond donors (Lipinski definition) is 1. The molecular formula is C37H64O4. The number of carbonyl (C=O) groups excluding carboxylic acids is 1. The largest absolute Gasteiger partial charge is 0.481 e. The van der Waals surface area contributed by atoms with E-state index in [1.165, 1.54) is 64.2 Å². The fraction of sp³-hybridized carbons (Fsp3) is 0.730. The third-order valence-corrected chi connectivity index (χ3v) is 7.28. The Morgan fingerprint density at radius 2 is 1.02 bits per heavy atom. The molecular weight excluding hydrogens is 508 g/mol. The maximum atomic E-state index is 12.3. The molecule has 4 nitrogen and oxygen atoms in total. The first-order chi connectivity index (χ1) is 20.1. The molecule has 236 valence electrons. The van der Waals surface area contributed by atoms with E-state index in [0.29, 0.717) is 12.8 Å². The number of aliphatic carboxylic acids is 1. The number of carboxylic acid groups (broad SMARTS) is 1. The molecule has 0 aromatic rings. The van der Waals surface area contributed by atoms with Crippen molar-refractivity contribution in [3.63, 3.8) is 0 Å². The fourth-order valence-electron chi connectivity index (χ4n) is 4.82. The van der Waals surface area contributed by atoms with Crippen molar-refractivity contribution in [2.75, 3.05) is 0 Å². The Labute approximate surface area is 253 Å². The standard InChI is InChI=1S/C37H64O4/c1-3-5-6-7-8-9-10-11-12-13-14-15-16-21-24-27-30-34-37(40)41-35(31-4-2)32-28-25-22-19-17-18-20-23-26-29-33-36(38)39/h8-9,11-12,14-15,21,24,35H,3-7,10,13,16-20,22-23,25-34H2,1-2H3,(H,38,39)/b9-8-,12-11-,15-14-,24-21-. The minimum Gasteiger partial charge on any atom is -0.481 e. The van der Waals surface area contributed by atoms with Gasteiger partial charge in [-0.25, -0.2) is 0 Å². The molecule has 0 amide bonds. The van der Waals surface area contributed by atoms with Crippen LogP contribution in [0.3, 0.4) is 0 Å². The predicted octanol–water partition coefficient (Wildman–Crippen LogP) is 11.6. The van der Waals surface area contributed by atoms with Gasteiger partial charge in [0.15, 0.2) is 0 Å². The molecule has 0 aliphatic heterocycles. The summed E-state index contributed by atoms with van der Waals surface area (Å²) in [6.07, 6.45) is 43.2. The lowest BCUT2D eigenvalue weighted by molar-refractivity contribution is -0.150. The Kier molecular flexibility index (Phi) is 30.8. The Balaban J connectivity index is 3.72. The van der Waals surface area contributed by atoms with E-state index in [0.717, 1.165) is 77.0 Å². The van der Waals surface area contributed by atoms with Crippen LogP contribution in [-0.2, 0) is 14.3 Å². The zero-order valence-corrected chi connectivity index (χ0v) is 26.8. The molecule has 0 bridgehead atoms. The van der Waals surface area contributed by atoms with Crippen molar-refractivity contribution in [3.8, 4) is 0 Å². The van der Waals surface area contributed by atoms with E-state index in [4.69, 9.17) is 9.84 Å². The molecule has 0 radical (unpaired) electrons. The second-order valence-electron chi connectivity index (χ2n) is 11.3. The number of ether oxygens (including phenoxy) is 1.